The number of rotatable bonds is 7. The highest BCUT2D eigenvalue weighted by molar-refractivity contribution is 6.02. The fourth-order valence-corrected chi connectivity index (χ4v) is 3.90. The maximum Gasteiger partial charge on any atom is 0.362 e. The standard InChI is InChI=1S/C25H23F2N3O3/c1-15-12-21(29-13-17(15)8-9-22(26)27)16(2)30-14-20-19(24(30)31)10-11-28-23(20)25(32)33-18-6-4-3-5-7-18/h3-7,10-13,16,22H,8-9,14H2,1-2H3. The van der Waals surface area contributed by atoms with Crippen LogP contribution in [0.25, 0.3) is 0 Å². The average Bonchev–Trinajstić information content (AvgIpc) is 3.14. The number of aromatic nitrogens is 2. The van der Waals surface area contributed by atoms with Gasteiger partial charge in [0.25, 0.3) is 5.91 Å². The molecule has 1 amide bonds. The third-order valence-electron chi connectivity index (χ3n) is 5.79. The van der Waals surface area contributed by atoms with Gasteiger partial charge in [-0.05, 0) is 55.7 Å². The largest absolute Gasteiger partial charge is 0.422 e. The zero-order chi connectivity index (χ0) is 23.5. The van der Waals surface area contributed by atoms with Crippen LogP contribution in [-0.4, -0.2) is 33.2 Å². The van der Waals surface area contributed by atoms with E-state index >= 15 is 0 Å². The lowest BCUT2D eigenvalue weighted by Gasteiger charge is -2.24. The summed E-state index contributed by atoms with van der Waals surface area (Å²) in [6.07, 6.45) is 0.693. The Morgan fingerprint density at radius 1 is 1.18 bits per heavy atom. The lowest BCUT2D eigenvalue weighted by molar-refractivity contribution is 0.0699. The van der Waals surface area contributed by atoms with Crippen LogP contribution in [0.5, 0.6) is 5.75 Å². The molecule has 33 heavy (non-hydrogen) atoms. The number of esters is 1. The number of amides is 1. The Morgan fingerprint density at radius 3 is 2.64 bits per heavy atom. The molecule has 0 aliphatic carbocycles. The minimum absolute atomic E-state index is 0.103. The molecule has 0 N–H and O–H groups in total. The van der Waals surface area contributed by atoms with E-state index in [0.717, 1.165) is 11.1 Å². The topological polar surface area (TPSA) is 72.4 Å². The SMILES string of the molecule is Cc1cc(C(C)N2Cc3c(ccnc3C(=O)Oc3ccccc3)C2=O)ncc1CCC(F)F. The van der Waals surface area contributed by atoms with Crippen molar-refractivity contribution in [1.82, 2.24) is 14.9 Å². The molecule has 3 aromatic rings. The van der Waals surface area contributed by atoms with Crippen LogP contribution >= 0.6 is 0 Å². The van der Waals surface area contributed by atoms with Crippen LogP contribution in [0.3, 0.4) is 0 Å². The van der Waals surface area contributed by atoms with E-state index in [1.165, 1.54) is 6.20 Å². The summed E-state index contributed by atoms with van der Waals surface area (Å²) in [6, 6.07) is 11.7. The van der Waals surface area contributed by atoms with Gasteiger partial charge in [-0.15, -0.1) is 0 Å². The number of hydrogen-bond donors (Lipinski definition) is 0. The van der Waals surface area contributed by atoms with Gasteiger partial charge in [0, 0.05) is 36.5 Å². The Labute approximate surface area is 190 Å². The minimum Gasteiger partial charge on any atom is -0.422 e. The Balaban J connectivity index is 1.54. The number of nitrogens with zero attached hydrogens (tertiary/aromatic N) is 3. The second-order valence-corrected chi connectivity index (χ2v) is 7.96. The molecule has 4 rings (SSSR count). The maximum absolute atomic E-state index is 13.1. The van der Waals surface area contributed by atoms with Crippen molar-refractivity contribution in [3.05, 3.63) is 88.5 Å². The molecule has 3 heterocycles. The molecule has 1 unspecified atom stereocenters. The number of para-hydroxylation sites is 1. The van der Waals surface area contributed by atoms with Gasteiger partial charge in [-0.25, -0.2) is 18.6 Å². The number of ether oxygens (including phenoxy) is 1. The van der Waals surface area contributed by atoms with Crippen molar-refractivity contribution in [3.63, 3.8) is 0 Å². The predicted molar refractivity (Wildman–Crippen MR) is 117 cm³/mol. The number of fused-ring (bicyclic) bond motifs is 1. The van der Waals surface area contributed by atoms with Crippen LogP contribution in [-0.2, 0) is 13.0 Å². The third kappa shape index (κ3) is 4.74. The number of halogens is 2. The summed E-state index contributed by atoms with van der Waals surface area (Å²) >= 11 is 0. The van der Waals surface area contributed by atoms with Gasteiger partial charge in [0.05, 0.1) is 11.7 Å². The van der Waals surface area contributed by atoms with Crippen molar-refractivity contribution in [2.45, 2.75) is 45.7 Å². The molecule has 1 atom stereocenters. The molecular weight excluding hydrogens is 428 g/mol. The van der Waals surface area contributed by atoms with Crippen LogP contribution in [0, 0.1) is 6.92 Å². The third-order valence-corrected chi connectivity index (χ3v) is 5.79. The van der Waals surface area contributed by atoms with Crippen LogP contribution in [0.2, 0.25) is 0 Å². The zero-order valence-electron chi connectivity index (χ0n) is 18.3. The molecule has 0 saturated carbocycles. The van der Waals surface area contributed by atoms with E-state index in [1.807, 2.05) is 26.0 Å². The molecule has 8 heteroatoms. The van der Waals surface area contributed by atoms with E-state index in [-0.39, 0.29) is 37.0 Å². The van der Waals surface area contributed by atoms with Gasteiger partial charge >= 0.3 is 5.97 Å². The number of carbonyl (C=O) groups is 2. The van der Waals surface area contributed by atoms with Gasteiger partial charge < -0.3 is 9.64 Å². The number of carbonyl (C=O) groups excluding carboxylic acids is 2. The summed E-state index contributed by atoms with van der Waals surface area (Å²) in [6.45, 7) is 3.89. The van der Waals surface area contributed by atoms with Crippen molar-refractivity contribution in [2.75, 3.05) is 0 Å². The van der Waals surface area contributed by atoms with E-state index in [2.05, 4.69) is 9.97 Å². The van der Waals surface area contributed by atoms with Crippen molar-refractivity contribution < 1.29 is 23.1 Å². The summed E-state index contributed by atoms with van der Waals surface area (Å²) in [5.41, 5.74) is 3.28. The molecule has 170 valence electrons. The summed E-state index contributed by atoms with van der Waals surface area (Å²) in [7, 11) is 0. The average molecular weight is 451 g/mol. The normalized spacial score (nSPS) is 13.8. The van der Waals surface area contributed by atoms with Gasteiger partial charge in [-0.3, -0.25) is 9.78 Å². The predicted octanol–water partition coefficient (Wildman–Crippen LogP) is 4.92. The summed E-state index contributed by atoms with van der Waals surface area (Å²) in [4.78, 5) is 36.1. The van der Waals surface area contributed by atoms with E-state index in [9.17, 15) is 18.4 Å². The number of alkyl halides is 2. The van der Waals surface area contributed by atoms with Crippen molar-refractivity contribution in [1.29, 1.82) is 0 Å². The second-order valence-electron chi connectivity index (χ2n) is 7.96. The van der Waals surface area contributed by atoms with Crippen LogP contribution in [0.4, 0.5) is 8.78 Å². The van der Waals surface area contributed by atoms with E-state index in [0.29, 0.717) is 22.6 Å². The van der Waals surface area contributed by atoms with Crippen molar-refractivity contribution >= 4 is 11.9 Å². The molecule has 1 aliphatic heterocycles. The van der Waals surface area contributed by atoms with Crippen LogP contribution in [0.15, 0.2) is 54.9 Å². The smallest absolute Gasteiger partial charge is 0.362 e. The van der Waals surface area contributed by atoms with E-state index < -0.39 is 12.4 Å². The molecular formula is C25H23F2N3O3. The fraction of sp³-hybridized carbons (Fsp3) is 0.280. The maximum atomic E-state index is 13.1. The first-order chi connectivity index (χ1) is 15.8. The number of pyridine rings is 2. The molecule has 0 radical (unpaired) electrons. The van der Waals surface area contributed by atoms with Gasteiger partial charge in [-0.2, -0.15) is 0 Å². The quantitative estimate of drug-likeness (QED) is 0.377. The lowest BCUT2D eigenvalue weighted by atomic mass is 10.0. The summed E-state index contributed by atoms with van der Waals surface area (Å²) in [5, 5.41) is 0. The highest BCUT2D eigenvalue weighted by Crippen LogP contribution is 2.32. The molecule has 1 aromatic carbocycles. The Kier molecular flexibility index (Phi) is 6.44. The Bertz CT molecular complexity index is 1180. The van der Waals surface area contributed by atoms with Gasteiger partial charge in [-0.1, -0.05) is 18.2 Å². The minimum atomic E-state index is -2.36. The molecule has 0 fully saturated rings. The van der Waals surface area contributed by atoms with Crippen LogP contribution < -0.4 is 4.74 Å². The van der Waals surface area contributed by atoms with Gasteiger partial charge in [0.1, 0.15) is 5.75 Å². The highest BCUT2D eigenvalue weighted by Gasteiger charge is 2.35. The first-order valence-electron chi connectivity index (χ1n) is 10.6. The summed E-state index contributed by atoms with van der Waals surface area (Å²) in [5.74, 6) is -0.462. The molecule has 0 saturated heterocycles. The zero-order valence-corrected chi connectivity index (χ0v) is 18.3. The fourth-order valence-electron chi connectivity index (χ4n) is 3.90. The first kappa shape index (κ1) is 22.5. The lowest BCUT2D eigenvalue weighted by Crippen LogP contribution is -2.28. The number of hydrogen-bond acceptors (Lipinski definition) is 5. The Morgan fingerprint density at radius 2 is 1.94 bits per heavy atom. The van der Waals surface area contributed by atoms with Crippen LogP contribution in [0.1, 0.15) is 62.6 Å². The highest BCUT2D eigenvalue weighted by atomic mass is 19.3. The molecule has 0 spiro atoms. The number of benzene rings is 1. The monoisotopic (exact) mass is 451 g/mol. The van der Waals surface area contributed by atoms with Gasteiger partial charge in [0.2, 0.25) is 6.43 Å². The first-order valence-corrected chi connectivity index (χ1v) is 10.6. The van der Waals surface area contributed by atoms with E-state index in [4.69, 9.17) is 4.74 Å². The molecule has 2 aromatic heterocycles. The van der Waals surface area contributed by atoms with E-state index in [1.54, 1.807) is 41.4 Å². The van der Waals surface area contributed by atoms with Crippen molar-refractivity contribution in [3.8, 4) is 5.75 Å². The van der Waals surface area contributed by atoms with Gasteiger partial charge in [0.15, 0.2) is 5.69 Å². The molecule has 0 bridgehead atoms. The Hall–Kier alpha value is -3.68. The summed E-state index contributed by atoms with van der Waals surface area (Å²) < 4.78 is 30.5. The number of aryl methyl sites for hydroxylation is 2. The molecule has 6 nitrogen and oxygen atoms in total. The second kappa shape index (κ2) is 9.44. The molecule has 1 aliphatic rings. The van der Waals surface area contributed by atoms with Crippen molar-refractivity contribution in [2.24, 2.45) is 0 Å².